The van der Waals surface area contributed by atoms with E-state index in [1.807, 2.05) is 0 Å². The van der Waals surface area contributed by atoms with Crippen LogP contribution in [-0.4, -0.2) is 0 Å². The Morgan fingerprint density at radius 2 is 1.69 bits per heavy atom. The van der Waals surface area contributed by atoms with Gasteiger partial charge in [0, 0.05) is 12.3 Å². The second kappa shape index (κ2) is 6.38. The number of aryl methyl sites for hydroxylation is 1. The maximum atomic E-state index is 3.31. The van der Waals surface area contributed by atoms with Crippen molar-refractivity contribution in [3.05, 3.63) is 35.4 Å². The van der Waals surface area contributed by atoms with Gasteiger partial charge in [0.2, 0.25) is 0 Å². The molecule has 0 heterocycles. The summed E-state index contributed by atoms with van der Waals surface area (Å²) in [5.74, 6) is 7.44. The van der Waals surface area contributed by atoms with Crippen LogP contribution in [0.5, 0.6) is 0 Å². The summed E-state index contributed by atoms with van der Waals surface area (Å²) in [6.45, 7) is 8.76. The van der Waals surface area contributed by atoms with E-state index in [1.54, 1.807) is 0 Å². The van der Waals surface area contributed by atoms with Gasteiger partial charge in [-0.15, -0.1) is 5.92 Å². The first kappa shape index (κ1) is 12.8. The third-order valence-electron chi connectivity index (χ3n) is 3.17. The molecule has 86 valence electrons. The summed E-state index contributed by atoms with van der Waals surface area (Å²) in [5, 5.41) is 0. The van der Waals surface area contributed by atoms with Crippen molar-refractivity contribution in [3.63, 3.8) is 0 Å². The minimum absolute atomic E-state index is 0.437. The average molecular weight is 214 g/mol. The molecule has 0 aliphatic carbocycles. The van der Waals surface area contributed by atoms with Gasteiger partial charge in [-0.1, -0.05) is 57.9 Å². The Morgan fingerprint density at radius 3 is 2.19 bits per heavy atom. The first-order valence-electron chi connectivity index (χ1n) is 6.26. The molecule has 0 N–H and O–H groups in total. The van der Waals surface area contributed by atoms with Gasteiger partial charge < -0.3 is 0 Å². The summed E-state index contributed by atoms with van der Waals surface area (Å²) >= 11 is 0. The van der Waals surface area contributed by atoms with Crippen LogP contribution in [0.4, 0.5) is 0 Å². The summed E-state index contributed by atoms with van der Waals surface area (Å²) in [7, 11) is 0. The van der Waals surface area contributed by atoms with Crippen LogP contribution in [0.3, 0.4) is 0 Å². The van der Waals surface area contributed by atoms with Crippen molar-refractivity contribution < 1.29 is 0 Å². The van der Waals surface area contributed by atoms with Gasteiger partial charge in [0.05, 0.1) is 0 Å². The molecule has 0 nitrogen and oxygen atoms in total. The van der Waals surface area contributed by atoms with E-state index in [1.165, 1.54) is 11.1 Å². The average Bonchev–Trinajstić information content (AvgIpc) is 2.35. The predicted octanol–water partition coefficient (Wildman–Crippen LogP) is 4.40. The van der Waals surface area contributed by atoms with Crippen molar-refractivity contribution in [2.45, 2.75) is 46.5 Å². The molecule has 0 aromatic heterocycles. The molecule has 16 heavy (non-hydrogen) atoms. The van der Waals surface area contributed by atoms with Crippen LogP contribution in [0.15, 0.2) is 24.3 Å². The molecule has 2 unspecified atom stereocenters. The van der Waals surface area contributed by atoms with E-state index in [2.05, 4.69) is 63.8 Å². The molecule has 0 spiro atoms. The molecule has 0 bridgehead atoms. The monoisotopic (exact) mass is 214 g/mol. The molecule has 0 aliphatic heterocycles. The molecule has 0 radical (unpaired) electrons. The third kappa shape index (κ3) is 3.42. The first-order chi connectivity index (χ1) is 7.69. The lowest BCUT2D eigenvalue weighted by Crippen LogP contribution is -2.04. The van der Waals surface area contributed by atoms with Crippen LogP contribution in [0, 0.1) is 17.8 Å². The van der Waals surface area contributed by atoms with Crippen LogP contribution in [0.1, 0.15) is 51.2 Å². The Hall–Kier alpha value is -1.22. The summed E-state index contributed by atoms with van der Waals surface area (Å²) in [6, 6.07) is 8.94. The zero-order valence-corrected chi connectivity index (χ0v) is 10.9. The van der Waals surface area contributed by atoms with Crippen LogP contribution < -0.4 is 0 Å². The number of rotatable bonds is 3. The molecule has 0 heteroatoms. The number of benzene rings is 1. The molecule has 2 atom stereocenters. The van der Waals surface area contributed by atoms with Gasteiger partial charge in [-0.05, 0) is 23.5 Å². The Morgan fingerprint density at radius 1 is 1.06 bits per heavy atom. The van der Waals surface area contributed by atoms with Gasteiger partial charge in [-0.25, -0.2) is 0 Å². The Labute approximate surface area is 100 Å². The normalized spacial score (nSPS) is 13.8. The summed E-state index contributed by atoms with van der Waals surface area (Å²) in [6.07, 6.45) is 2.06. The summed E-state index contributed by atoms with van der Waals surface area (Å²) < 4.78 is 0. The van der Waals surface area contributed by atoms with E-state index in [9.17, 15) is 0 Å². The largest absolute Gasteiger partial charge is 0.103 e. The van der Waals surface area contributed by atoms with E-state index in [-0.39, 0.29) is 0 Å². The van der Waals surface area contributed by atoms with Crippen molar-refractivity contribution in [1.29, 1.82) is 0 Å². The number of hydrogen-bond acceptors (Lipinski definition) is 0. The summed E-state index contributed by atoms with van der Waals surface area (Å²) in [4.78, 5) is 0. The van der Waals surface area contributed by atoms with Gasteiger partial charge in [0.25, 0.3) is 0 Å². The highest BCUT2D eigenvalue weighted by molar-refractivity contribution is 5.27. The Balaban J connectivity index is 2.75. The standard InChI is InChI=1S/C16H22/c1-5-7-8-13(3)14(4)16-11-9-15(6-2)10-12-16/h9-14H,5-6H2,1-4H3. The molecule has 0 fully saturated rings. The van der Waals surface area contributed by atoms with Gasteiger partial charge in [-0.2, -0.15) is 0 Å². The zero-order chi connectivity index (χ0) is 12.0. The van der Waals surface area contributed by atoms with Crippen molar-refractivity contribution in [3.8, 4) is 11.8 Å². The van der Waals surface area contributed by atoms with Gasteiger partial charge in [-0.3, -0.25) is 0 Å². The second-order valence-electron chi connectivity index (χ2n) is 4.35. The van der Waals surface area contributed by atoms with Crippen molar-refractivity contribution in [2.24, 2.45) is 5.92 Å². The zero-order valence-electron chi connectivity index (χ0n) is 10.9. The number of hydrogen-bond donors (Lipinski definition) is 0. The lowest BCUT2D eigenvalue weighted by Gasteiger charge is -2.15. The highest BCUT2D eigenvalue weighted by Gasteiger charge is 2.11. The van der Waals surface area contributed by atoms with Crippen LogP contribution in [0.2, 0.25) is 0 Å². The molecular formula is C16H22. The van der Waals surface area contributed by atoms with Gasteiger partial charge in [0.15, 0.2) is 0 Å². The Kier molecular flexibility index (Phi) is 5.12. The SMILES string of the molecule is CCC#CC(C)C(C)c1ccc(CC)cc1. The molecule has 0 saturated carbocycles. The Bertz CT molecular complexity index is 361. The van der Waals surface area contributed by atoms with E-state index in [4.69, 9.17) is 0 Å². The van der Waals surface area contributed by atoms with Crippen LogP contribution in [-0.2, 0) is 6.42 Å². The fourth-order valence-corrected chi connectivity index (χ4v) is 1.73. The van der Waals surface area contributed by atoms with E-state index >= 15 is 0 Å². The van der Waals surface area contributed by atoms with E-state index < -0.39 is 0 Å². The summed E-state index contributed by atoms with van der Waals surface area (Å²) in [5.41, 5.74) is 2.80. The molecule has 1 aromatic rings. The molecule has 0 amide bonds. The van der Waals surface area contributed by atoms with Crippen molar-refractivity contribution in [1.82, 2.24) is 0 Å². The maximum absolute atomic E-state index is 3.31. The van der Waals surface area contributed by atoms with Crippen LogP contribution in [0.25, 0.3) is 0 Å². The smallest absolute Gasteiger partial charge is 0.0240 e. The minimum Gasteiger partial charge on any atom is -0.103 e. The minimum atomic E-state index is 0.437. The van der Waals surface area contributed by atoms with Gasteiger partial charge >= 0.3 is 0 Å². The molecule has 1 rings (SSSR count). The first-order valence-corrected chi connectivity index (χ1v) is 6.26. The second-order valence-corrected chi connectivity index (χ2v) is 4.35. The fraction of sp³-hybridized carbons (Fsp3) is 0.500. The van der Waals surface area contributed by atoms with Crippen molar-refractivity contribution in [2.75, 3.05) is 0 Å². The van der Waals surface area contributed by atoms with Crippen LogP contribution >= 0.6 is 0 Å². The predicted molar refractivity (Wildman–Crippen MR) is 71.5 cm³/mol. The fourth-order valence-electron chi connectivity index (χ4n) is 1.73. The highest BCUT2D eigenvalue weighted by Crippen LogP contribution is 2.23. The molecular weight excluding hydrogens is 192 g/mol. The molecule has 1 aromatic carbocycles. The maximum Gasteiger partial charge on any atom is 0.0240 e. The van der Waals surface area contributed by atoms with Gasteiger partial charge in [0.1, 0.15) is 0 Å². The van der Waals surface area contributed by atoms with E-state index in [0.717, 1.165) is 12.8 Å². The lowest BCUT2D eigenvalue weighted by atomic mass is 9.89. The molecule has 0 saturated heterocycles. The van der Waals surface area contributed by atoms with Crippen molar-refractivity contribution >= 4 is 0 Å². The molecule has 0 aliphatic rings. The highest BCUT2D eigenvalue weighted by atomic mass is 14.1. The topological polar surface area (TPSA) is 0 Å². The van der Waals surface area contributed by atoms with E-state index in [0.29, 0.717) is 11.8 Å². The third-order valence-corrected chi connectivity index (χ3v) is 3.17. The quantitative estimate of drug-likeness (QED) is 0.654. The lowest BCUT2D eigenvalue weighted by molar-refractivity contribution is 0.609.